The van der Waals surface area contributed by atoms with Gasteiger partial charge in [-0.15, -0.1) is 0 Å². The second kappa shape index (κ2) is 7.65. The summed E-state index contributed by atoms with van der Waals surface area (Å²) in [7, 11) is 0. The molecule has 0 radical (unpaired) electrons. The van der Waals surface area contributed by atoms with E-state index in [1.807, 2.05) is 0 Å². The number of aromatic nitrogens is 1. The number of anilines is 1. The van der Waals surface area contributed by atoms with E-state index in [0.29, 0.717) is 11.4 Å². The van der Waals surface area contributed by atoms with Crippen LogP contribution in [0.5, 0.6) is 5.75 Å². The smallest absolute Gasteiger partial charge is 0.387 e. The molecule has 0 saturated carbocycles. The zero-order valence-corrected chi connectivity index (χ0v) is 12.8. The first-order valence-electron chi connectivity index (χ1n) is 6.18. The van der Waals surface area contributed by atoms with Crippen LogP contribution in [0.4, 0.5) is 14.6 Å². The van der Waals surface area contributed by atoms with E-state index in [4.69, 9.17) is 0 Å². The third-order valence-electron chi connectivity index (χ3n) is 2.51. The van der Waals surface area contributed by atoms with E-state index in [9.17, 15) is 13.6 Å². The molecule has 2 rings (SSSR count). The van der Waals surface area contributed by atoms with E-state index < -0.39 is 6.61 Å². The Balaban J connectivity index is 1.93. The Hall–Kier alpha value is -2.28. The zero-order valence-electron chi connectivity index (χ0n) is 11.2. The van der Waals surface area contributed by atoms with Gasteiger partial charge in [0.2, 0.25) is 5.91 Å². The highest BCUT2D eigenvalue weighted by Gasteiger charge is 2.03. The molecule has 1 N–H and O–H groups in total. The van der Waals surface area contributed by atoms with Gasteiger partial charge in [-0.1, -0.05) is 12.1 Å². The first kappa shape index (κ1) is 16.1. The summed E-state index contributed by atoms with van der Waals surface area (Å²) < 4.78 is 29.1. The Labute approximate surface area is 134 Å². The number of nitrogens with one attached hydrogen (secondary N) is 1. The highest BCUT2D eigenvalue weighted by molar-refractivity contribution is 9.10. The lowest BCUT2D eigenvalue weighted by molar-refractivity contribution is -0.111. The minimum atomic E-state index is -2.86. The Kier molecular flexibility index (Phi) is 5.60. The molecule has 0 fully saturated rings. The number of rotatable bonds is 5. The highest BCUT2D eigenvalue weighted by atomic mass is 79.9. The number of carbonyl (C=O) groups is 1. The van der Waals surface area contributed by atoms with Crippen molar-refractivity contribution in [1.29, 1.82) is 0 Å². The van der Waals surface area contributed by atoms with Crippen LogP contribution in [0.25, 0.3) is 6.08 Å². The SMILES string of the molecule is O=C(C=Cc1ccc(OC(F)F)cc1)Nc1ccc(Br)cn1. The fraction of sp³-hybridized carbons (Fsp3) is 0.0667. The fourth-order valence-corrected chi connectivity index (χ4v) is 1.78. The van der Waals surface area contributed by atoms with E-state index in [0.717, 1.165) is 4.47 Å². The van der Waals surface area contributed by atoms with Gasteiger partial charge < -0.3 is 10.1 Å². The molecule has 0 aliphatic heterocycles. The monoisotopic (exact) mass is 368 g/mol. The zero-order chi connectivity index (χ0) is 15.9. The average molecular weight is 369 g/mol. The first-order valence-corrected chi connectivity index (χ1v) is 6.98. The van der Waals surface area contributed by atoms with Gasteiger partial charge in [-0.05, 0) is 51.8 Å². The Morgan fingerprint density at radius 2 is 1.95 bits per heavy atom. The molecule has 0 spiro atoms. The van der Waals surface area contributed by atoms with Crippen LogP contribution in [0.15, 0.2) is 53.1 Å². The molecule has 0 aliphatic rings. The molecule has 1 aromatic heterocycles. The van der Waals surface area contributed by atoms with Crippen molar-refractivity contribution in [3.05, 3.63) is 58.7 Å². The van der Waals surface area contributed by atoms with Gasteiger partial charge in [0.25, 0.3) is 0 Å². The van der Waals surface area contributed by atoms with Crippen molar-refractivity contribution >= 4 is 33.7 Å². The van der Waals surface area contributed by atoms with Crippen molar-refractivity contribution in [2.45, 2.75) is 6.61 Å². The van der Waals surface area contributed by atoms with Gasteiger partial charge in [0.1, 0.15) is 11.6 Å². The van der Waals surface area contributed by atoms with Gasteiger partial charge in [-0.3, -0.25) is 4.79 Å². The maximum atomic E-state index is 12.0. The number of carbonyl (C=O) groups excluding carboxylic acids is 1. The van der Waals surface area contributed by atoms with E-state index in [-0.39, 0.29) is 11.7 Å². The second-order valence-corrected chi connectivity index (χ2v) is 5.05. The third-order valence-corrected chi connectivity index (χ3v) is 2.98. The van der Waals surface area contributed by atoms with E-state index in [1.165, 1.54) is 18.2 Å². The number of ether oxygens (including phenoxy) is 1. The summed E-state index contributed by atoms with van der Waals surface area (Å²) in [5, 5.41) is 2.60. The summed E-state index contributed by atoms with van der Waals surface area (Å²) >= 11 is 3.25. The average Bonchev–Trinajstić information content (AvgIpc) is 2.48. The molecule has 0 atom stereocenters. The van der Waals surface area contributed by atoms with Crippen LogP contribution in [-0.2, 0) is 4.79 Å². The van der Waals surface area contributed by atoms with Gasteiger partial charge >= 0.3 is 6.61 Å². The third kappa shape index (κ3) is 5.25. The highest BCUT2D eigenvalue weighted by Crippen LogP contribution is 2.16. The molecule has 22 heavy (non-hydrogen) atoms. The van der Waals surface area contributed by atoms with Crippen LogP contribution in [0.1, 0.15) is 5.56 Å². The minimum Gasteiger partial charge on any atom is -0.435 e. The molecule has 0 unspecified atom stereocenters. The number of nitrogens with zero attached hydrogens (tertiary/aromatic N) is 1. The van der Waals surface area contributed by atoms with Gasteiger partial charge in [0.15, 0.2) is 0 Å². The molecule has 7 heteroatoms. The van der Waals surface area contributed by atoms with Crippen LogP contribution < -0.4 is 10.1 Å². The standard InChI is InChI=1S/C15H11BrF2N2O2/c16-11-4-7-13(19-9-11)20-14(21)8-3-10-1-5-12(6-2-10)22-15(17)18/h1-9,15H,(H,19,20,21). The Morgan fingerprint density at radius 3 is 2.55 bits per heavy atom. The number of alkyl halides is 2. The summed E-state index contributed by atoms with van der Waals surface area (Å²) in [5.74, 6) is 0.150. The lowest BCUT2D eigenvalue weighted by Crippen LogP contribution is -2.08. The maximum absolute atomic E-state index is 12.0. The summed E-state index contributed by atoms with van der Waals surface area (Å²) in [6, 6.07) is 9.36. The van der Waals surface area contributed by atoms with E-state index >= 15 is 0 Å². The number of amides is 1. The Morgan fingerprint density at radius 1 is 1.23 bits per heavy atom. The predicted octanol–water partition coefficient (Wildman–Crippen LogP) is 4.10. The number of hydrogen-bond donors (Lipinski definition) is 1. The van der Waals surface area contributed by atoms with Crippen LogP contribution in [-0.4, -0.2) is 17.5 Å². The number of benzene rings is 1. The molecule has 0 bridgehead atoms. The molecular weight excluding hydrogens is 358 g/mol. The van der Waals surface area contributed by atoms with Crippen molar-refractivity contribution < 1.29 is 18.3 Å². The number of hydrogen-bond acceptors (Lipinski definition) is 3. The lowest BCUT2D eigenvalue weighted by Gasteiger charge is -2.04. The molecule has 2 aromatic rings. The van der Waals surface area contributed by atoms with Crippen molar-refractivity contribution in [2.75, 3.05) is 5.32 Å². The Bertz CT molecular complexity index is 658. The lowest BCUT2D eigenvalue weighted by atomic mass is 10.2. The summed E-state index contributed by atoms with van der Waals surface area (Å²) in [4.78, 5) is 15.7. The topological polar surface area (TPSA) is 51.2 Å². The fourth-order valence-electron chi connectivity index (χ4n) is 1.55. The molecule has 0 saturated heterocycles. The van der Waals surface area contributed by atoms with Gasteiger partial charge in [0, 0.05) is 16.7 Å². The van der Waals surface area contributed by atoms with Crippen molar-refractivity contribution in [2.24, 2.45) is 0 Å². The summed E-state index contributed by atoms with van der Waals surface area (Å²) in [6.45, 7) is -2.86. The largest absolute Gasteiger partial charge is 0.435 e. The molecule has 4 nitrogen and oxygen atoms in total. The molecule has 0 aliphatic carbocycles. The van der Waals surface area contributed by atoms with Crippen molar-refractivity contribution in [1.82, 2.24) is 4.98 Å². The number of halogens is 3. The molecule has 1 aromatic carbocycles. The van der Waals surface area contributed by atoms with Gasteiger partial charge in [-0.2, -0.15) is 8.78 Å². The van der Waals surface area contributed by atoms with E-state index in [2.05, 4.69) is 31.0 Å². The first-order chi connectivity index (χ1) is 10.5. The van der Waals surface area contributed by atoms with Gasteiger partial charge in [-0.25, -0.2) is 4.98 Å². The van der Waals surface area contributed by atoms with Gasteiger partial charge in [0.05, 0.1) is 0 Å². The second-order valence-electron chi connectivity index (χ2n) is 4.13. The molecular formula is C15H11BrF2N2O2. The minimum absolute atomic E-state index is 0.0654. The predicted molar refractivity (Wildman–Crippen MR) is 82.7 cm³/mol. The van der Waals surface area contributed by atoms with Crippen LogP contribution >= 0.6 is 15.9 Å². The maximum Gasteiger partial charge on any atom is 0.387 e. The van der Waals surface area contributed by atoms with E-state index in [1.54, 1.807) is 36.5 Å². The normalized spacial score (nSPS) is 10.9. The van der Waals surface area contributed by atoms with Crippen molar-refractivity contribution in [3.63, 3.8) is 0 Å². The van der Waals surface area contributed by atoms with Crippen LogP contribution in [0.3, 0.4) is 0 Å². The molecule has 114 valence electrons. The summed E-state index contributed by atoms with van der Waals surface area (Å²) in [6.07, 6.45) is 4.45. The summed E-state index contributed by atoms with van der Waals surface area (Å²) in [5.41, 5.74) is 0.681. The number of pyridine rings is 1. The van der Waals surface area contributed by atoms with Crippen LogP contribution in [0, 0.1) is 0 Å². The molecule has 1 heterocycles. The van der Waals surface area contributed by atoms with Crippen LogP contribution in [0.2, 0.25) is 0 Å². The quantitative estimate of drug-likeness (QED) is 0.808. The van der Waals surface area contributed by atoms with Crippen molar-refractivity contribution in [3.8, 4) is 5.75 Å². The molecule has 1 amide bonds.